The lowest BCUT2D eigenvalue weighted by Gasteiger charge is -2.29. The van der Waals surface area contributed by atoms with Gasteiger partial charge in [-0.3, -0.25) is 4.57 Å². The summed E-state index contributed by atoms with van der Waals surface area (Å²) in [5.41, 5.74) is 1.62. The molecule has 3 heterocycles. The number of rotatable bonds is 9. The number of aromatic nitrogens is 4. The minimum Gasteiger partial charge on any atom is -0.378 e. The van der Waals surface area contributed by atoms with Crippen LogP contribution >= 0.6 is 0 Å². The van der Waals surface area contributed by atoms with E-state index < -0.39 is 6.43 Å². The highest BCUT2D eigenvalue weighted by Gasteiger charge is 2.25. The lowest BCUT2D eigenvalue weighted by molar-refractivity contribution is 0.122. The van der Waals surface area contributed by atoms with E-state index in [0.717, 1.165) is 38.5 Å². The van der Waals surface area contributed by atoms with Crippen LogP contribution in [0.15, 0.2) is 54.6 Å². The van der Waals surface area contributed by atoms with Gasteiger partial charge in [-0.15, -0.1) is 0 Å². The summed E-state index contributed by atoms with van der Waals surface area (Å²) in [6, 6.07) is 14.4. The number of nitrogens with zero attached hydrogens (tertiary/aromatic N) is 5. The Hall–Kier alpha value is -4.19. The average molecular weight is 608 g/mol. The fraction of sp³-hybridized carbons (Fsp3) is 0.438. The van der Waals surface area contributed by atoms with Gasteiger partial charge in [-0.05, 0) is 74.4 Å². The Morgan fingerprint density at radius 3 is 2.43 bits per heavy atom. The number of imidazole rings is 1. The van der Waals surface area contributed by atoms with Gasteiger partial charge in [0.1, 0.15) is 23.3 Å². The number of nitrogens with one attached hydrogen (secondary N) is 2. The van der Waals surface area contributed by atoms with Crippen molar-refractivity contribution in [3.05, 3.63) is 72.1 Å². The number of carbonyl (C=O) groups is 1. The van der Waals surface area contributed by atoms with Crippen LogP contribution in [0.3, 0.4) is 0 Å². The monoisotopic (exact) mass is 607 g/mol. The number of carbonyl (C=O) groups excluding carboxylic acids is 1. The van der Waals surface area contributed by atoms with E-state index in [1.807, 2.05) is 6.07 Å². The number of hydrogen-bond acceptors (Lipinski definition) is 6. The molecule has 2 N–H and O–H groups in total. The van der Waals surface area contributed by atoms with E-state index in [0.29, 0.717) is 72.8 Å². The maximum Gasteiger partial charge on any atom is 0.319 e. The summed E-state index contributed by atoms with van der Waals surface area (Å²) in [4.78, 5) is 28.3. The summed E-state index contributed by atoms with van der Waals surface area (Å²) < 4.78 is 48.3. The molecule has 0 unspecified atom stereocenters. The lowest BCUT2D eigenvalue weighted by Crippen LogP contribution is -2.40. The van der Waals surface area contributed by atoms with E-state index in [1.165, 1.54) is 28.8 Å². The third-order valence-corrected chi connectivity index (χ3v) is 8.39. The van der Waals surface area contributed by atoms with Crippen molar-refractivity contribution in [1.29, 1.82) is 0 Å². The van der Waals surface area contributed by atoms with Gasteiger partial charge in [-0.2, -0.15) is 0 Å². The van der Waals surface area contributed by atoms with Crippen LogP contribution < -0.4 is 15.5 Å². The number of ether oxygens (including phenoxy) is 1. The van der Waals surface area contributed by atoms with Crippen molar-refractivity contribution in [3.8, 4) is 5.82 Å². The molecule has 0 radical (unpaired) electrons. The zero-order valence-corrected chi connectivity index (χ0v) is 24.4. The molecule has 0 bridgehead atoms. The van der Waals surface area contributed by atoms with Gasteiger partial charge in [-0.1, -0.05) is 18.6 Å². The van der Waals surface area contributed by atoms with Crippen molar-refractivity contribution in [3.63, 3.8) is 0 Å². The van der Waals surface area contributed by atoms with E-state index in [-0.39, 0.29) is 23.7 Å². The summed E-state index contributed by atoms with van der Waals surface area (Å²) in [5.74, 6) is 1.56. The largest absolute Gasteiger partial charge is 0.378 e. The normalized spacial score (nSPS) is 19.0. The molecule has 0 atom stereocenters. The highest BCUT2D eigenvalue weighted by molar-refractivity contribution is 5.89. The zero-order valence-electron chi connectivity index (χ0n) is 24.4. The number of amides is 2. The molecule has 6 rings (SSSR count). The quantitative estimate of drug-likeness (QED) is 0.228. The van der Waals surface area contributed by atoms with Crippen molar-refractivity contribution in [2.45, 2.75) is 57.4 Å². The summed E-state index contributed by atoms with van der Waals surface area (Å²) in [6.07, 6.45) is 3.50. The van der Waals surface area contributed by atoms with Crippen LogP contribution in [-0.2, 0) is 11.2 Å². The minimum absolute atomic E-state index is 0.0943. The summed E-state index contributed by atoms with van der Waals surface area (Å²) in [7, 11) is 0. The molecule has 232 valence electrons. The van der Waals surface area contributed by atoms with Crippen LogP contribution in [0.2, 0.25) is 0 Å². The summed E-state index contributed by atoms with van der Waals surface area (Å²) in [5, 5.41) is 5.78. The van der Waals surface area contributed by atoms with Gasteiger partial charge in [0.15, 0.2) is 5.82 Å². The maximum absolute atomic E-state index is 14.1. The van der Waals surface area contributed by atoms with Crippen molar-refractivity contribution in [2.24, 2.45) is 5.92 Å². The first kappa shape index (κ1) is 29.9. The topological polar surface area (TPSA) is 97.2 Å². The molecule has 1 aliphatic heterocycles. The number of urea groups is 1. The molecule has 2 aromatic carbocycles. The summed E-state index contributed by atoms with van der Waals surface area (Å²) >= 11 is 0. The molecule has 12 heteroatoms. The Kier molecular flexibility index (Phi) is 9.25. The number of benzene rings is 2. The van der Waals surface area contributed by atoms with E-state index in [2.05, 4.69) is 20.5 Å². The smallest absolute Gasteiger partial charge is 0.319 e. The highest BCUT2D eigenvalue weighted by Crippen LogP contribution is 2.31. The Labute approximate surface area is 253 Å². The predicted octanol–water partition coefficient (Wildman–Crippen LogP) is 6.43. The number of anilines is 2. The Bertz CT molecular complexity index is 1570. The van der Waals surface area contributed by atoms with E-state index in [1.54, 1.807) is 24.3 Å². The van der Waals surface area contributed by atoms with Crippen molar-refractivity contribution >= 4 is 28.6 Å². The highest BCUT2D eigenvalue weighted by atomic mass is 19.3. The Balaban J connectivity index is 1.09. The Morgan fingerprint density at radius 1 is 0.955 bits per heavy atom. The average Bonchev–Trinajstić information content (AvgIpc) is 3.44. The third kappa shape index (κ3) is 7.12. The van der Waals surface area contributed by atoms with Crippen molar-refractivity contribution in [2.75, 3.05) is 36.5 Å². The second-order valence-electron chi connectivity index (χ2n) is 11.4. The summed E-state index contributed by atoms with van der Waals surface area (Å²) in [6.45, 7) is 2.50. The van der Waals surface area contributed by atoms with E-state index in [9.17, 15) is 18.0 Å². The maximum atomic E-state index is 14.1. The molecular formula is C32H36F3N7O2. The molecule has 2 amide bonds. The lowest BCUT2D eigenvalue weighted by atomic mass is 9.83. The first-order chi connectivity index (χ1) is 21.4. The van der Waals surface area contributed by atoms with Crippen LogP contribution in [0, 0.1) is 11.7 Å². The standard InChI is InChI=1S/C32H36F3N7O2/c33-22-10-14-24(15-11-22)37-32(43)36-23-12-8-21(9-13-23)4-3-7-27-39-28(41-16-18-44-19-17-41)20-29(40-27)42-26-6-2-1-5-25(26)38-31(42)30(34)35/h1-2,5-6,10-11,14-15,20-21,23,30H,3-4,7-9,12-13,16-19H2,(H2,36,37,43). The molecule has 2 fully saturated rings. The van der Waals surface area contributed by atoms with Crippen LogP contribution in [0.25, 0.3) is 16.9 Å². The zero-order chi connectivity index (χ0) is 30.5. The Morgan fingerprint density at radius 2 is 1.68 bits per heavy atom. The van der Waals surface area contributed by atoms with E-state index >= 15 is 0 Å². The van der Waals surface area contributed by atoms with Crippen LogP contribution in [0.5, 0.6) is 0 Å². The number of para-hydroxylation sites is 2. The van der Waals surface area contributed by atoms with Gasteiger partial charge in [0.2, 0.25) is 0 Å². The predicted molar refractivity (Wildman–Crippen MR) is 162 cm³/mol. The van der Waals surface area contributed by atoms with Gasteiger partial charge in [0, 0.05) is 37.3 Å². The van der Waals surface area contributed by atoms with Gasteiger partial charge >= 0.3 is 6.03 Å². The molecule has 4 aromatic rings. The second-order valence-corrected chi connectivity index (χ2v) is 11.4. The minimum atomic E-state index is -2.76. The molecular weight excluding hydrogens is 571 g/mol. The SMILES string of the molecule is O=C(Nc1ccc(F)cc1)NC1CCC(CCCc2nc(N3CCOCC3)cc(-n3c(C(F)F)nc4ccccc43)n2)CC1. The van der Waals surface area contributed by atoms with Crippen molar-refractivity contribution < 1.29 is 22.7 Å². The number of fused-ring (bicyclic) bond motifs is 1. The number of alkyl halides is 2. The number of morpholine rings is 1. The van der Waals surface area contributed by atoms with Crippen LogP contribution in [0.1, 0.15) is 56.6 Å². The molecule has 1 saturated heterocycles. The fourth-order valence-electron chi connectivity index (χ4n) is 6.11. The number of aryl methyl sites for hydroxylation is 1. The molecule has 1 aliphatic carbocycles. The van der Waals surface area contributed by atoms with Gasteiger partial charge in [0.05, 0.1) is 24.2 Å². The number of hydrogen-bond donors (Lipinski definition) is 2. The molecule has 2 aliphatic rings. The first-order valence-electron chi connectivity index (χ1n) is 15.2. The van der Waals surface area contributed by atoms with Gasteiger partial charge in [-0.25, -0.2) is 32.9 Å². The van der Waals surface area contributed by atoms with Gasteiger partial charge < -0.3 is 20.3 Å². The second kappa shape index (κ2) is 13.6. The van der Waals surface area contributed by atoms with Crippen molar-refractivity contribution in [1.82, 2.24) is 24.8 Å². The molecule has 2 aromatic heterocycles. The van der Waals surface area contributed by atoms with Crippen LogP contribution in [0.4, 0.5) is 29.5 Å². The third-order valence-electron chi connectivity index (χ3n) is 8.39. The van der Waals surface area contributed by atoms with Crippen LogP contribution in [-0.4, -0.2) is 57.9 Å². The molecule has 1 saturated carbocycles. The fourth-order valence-corrected chi connectivity index (χ4v) is 6.11. The van der Waals surface area contributed by atoms with E-state index in [4.69, 9.17) is 14.7 Å². The molecule has 9 nitrogen and oxygen atoms in total. The first-order valence-corrected chi connectivity index (χ1v) is 15.2. The molecule has 44 heavy (non-hydrogen) atoms. The van der Waals surface area contributed by atoms with Gasteiger partial charge in [0.25, 0.3) is 6.43 Å². The number of halogens is 3. The molecule has 0 spiro atoms.